The van der Waals surface area contributed by atoms with E-state index in [0.29, 0.717) is 29.6 Å². The predicted molar refractivity (Wildman–Crippen MR) is 100 cm³/mol. The molecule has 0 aromatic heterocycles. The number of aliphatic carboxylic acids is 1. The molecule has 4 nitrogen and oxygen atoms in total. The zero-order chi connectivity index (χ0) is 18.2. The summed E-state index contributed by atoms with van der Waals surface area (Å²) in [5, 5.41) is 13.2. The number of hydrogen-bond acceptors (Lipinski definition) is 3. The first-order valence-corrected chi connectivity index (χ1v) is 8.87. The van der Waals surface area contributed by atoms with Crippen molar-refractivity contribution in [2.24, 2.45) is 0 Å². The third-order valence-corrected chi connectivity index (χ3v) is 4.48. The molecule has 2 aromatic rings. The summed E-state index contributed by atoms with van der Waals surface area (Å²) in [5.74, 6) is -0.0819. The number of nitrogens with one attached hydrogen (secondary N) is 1. The van der Waals surface area contributed by atoms with E-state index < -0.39 is 12.0 Å². The molecule has 0 radical (unpaired) electrons. The van der Waals surface area contributed by atoms with E-state index in [1.807, 2.05) is 37.3 Å². The first-order chi connectivity index (χ1) is 12.0. The highest BCUT2D eigenvalue weighted by Crippen LogP contribution is 2.23. The highest BCUT2D eigenvalue weighted by atomic mass is 35.5. The summed E-state index contributed by atoms with van der Waals surface area (Å²) in [6.45, 7) is 2.87. The molecule has 6 heteroatoms. The van der Waals surface area contributed by atoms with Crippen LogP contribution in [0.5, 0.6) is 5.75 Å². The SMILES string of the molecule is CCCC(NCc1ccc(OCc2ccc(Cl)c(Cl)c2)cc1)C(=O)O. The summed E-state index contributed by atoms with van der Waals surface area (Å²) in [6.07, 6.45) is 1.44. The minimum Gasteiger partial charge on any atom is -0.489 e. The molecule has 25 heavy (non-hydrogen) atoms. The van der Waals surface area contributed by atoms with Crippen LogP contribution >= 0.6 is 23.2 Å². The van der Waals surface area contributed by atoms with Crippen LogP contribution in [0.15, 0.2) is 42.5 Å². The lowest BCUT2D eigenvalue weighted by atomic mass is 10.1. The Morgan fingerprint density at radius 2 is 1.80 bits per heavy atom. The second kappa shape index (κ2) is 9.66. The van der Waals surface area contributed by atoms with E-state index in [0.717, 1.165) is 23.3 Å². The fourth-order valence-electron chi connectivity index (χ4n) is 2.34. The van der Waals surface area contributed by atoms with E-state index in [-0.39, 0.29) is 0 Å². The Morgan fingerprint density at radius 1 is 1.12 bits per heavy atom. The molecule has 1 unspecified atom stereocenters. The van der Waals surface area contributed by atoms with Crippen molar-refractivity contribution in [1.82, 2.24) is 5.32 Å². The summed E-state index contributed by atoms with van der Waals surface area (Å²) >= 11 is 11.9. The largest absolute Gasteiger partial charge is 0.489 e. The molecule has 0 saturated carbocycles. The lowest BCUT2D eigenvalue weighted by Gasteiger charge is -2.14. The van der Waals surface area contributed by atoms with E-state index >= 15 is 0 Å². The number of halogens is 2. The number of carbonyl (C=O) groups is 1. The van der Waals surface area contributed by atoms with Gasteiger partial charge >= 0.3 is 5.97 Å². The van der Waals surface area contributed by atoms with Gasteiger partial charge in [0.05, 0.1) is 10.0 Å². The van der Waals surface area contributed by atoms with Gasteiger partial charge in [0.1, 0.15) is 18.4 Å². The third kappa shape index (κ3) is 6.24. The average molecular weight is 382 g/mol. The summed E-state index contributed by atoms with van der Waals surface area (Å²) in [4.78, 5) is 11.1. The number of benzene rings is 2. The summed E-state index contributed by atoms with van der Waals surface area (Å²) in [5.41, 5.74) is 1.94. The average Bonchev–Trinajstić information content (AvgIpc) is 2.60. The number of ether oxygens (including phenoxy) is 1. The molecule has 2 rings (SSSR count). The second-order valence-electron chi connectivity index (χ2n) is 5.74. The van der Waals surface area contributed by atoms with Crippen LogP contribution in [0.3, 0.4) is 0 Å². The molecule has 134 valence electrons. The molecule has 0 fully saturated rings. The van der Waals surface area contributed by atoms with Gasteiger partial charge < -0.3 is 15.2 Å². The van der Waals surface area contributed by atoms with E-state index in [1.54, 1.807) is 12.1 Å². The van der Waals surface area contributed by atoms with Crippen LogP contribution in [-0.4, -0.2) is 17.1 Å². The van der Waals surface area contributed by atoms with E-state index in [2.05, 4.69) is 5.32 Å². The van der Waals surface area contributed by atoms with Crippen molar-refractivity contribution >= 4 is 29.2 Å². The van der Waals surface area contributed by atoms with Gasteiger partial charge in [-0.15, -0.1) is 0 Å². The lowest BCUT2D eigenvalue weighted by molar-refractivity contribution is -0.139. The van der Waals surface area contributed by atoms with Crippen LogP contribution in [0, 0.1) is 0 Å². The Labute approximate surface area is 157 Å². The Bertz CT molecular complexity index is 704. The van der Waals surface area contributed by atoms with Crippen LogP contribution in [-0.2, 0) is 17.9 Å². The van der Waals surface area contributed by atoms with Crippen molar-refractivity contribution < 1.29 is 14.6 Å². The van der Waals surface area contributed by atoms with Crippen LogP contribution in [0.25, 0.3) is 0 Å². The summed E-state index contributed by atoms with van der Waals surface area (Å²) in [7, 11) is 0. The van der Waals surface area contributed by atoms with Crippen LogP contribution in [0.2, 0.25) is 10.0 Å². The van der Waals surface area contributed by atoms with E-state index in [1.165, 1.54) is 0 Å². The summed E-state index contributed by atoms with van der Waals surface area (Å²) < 4.78 is 5.73. The minimum absolute atomic E-state index is 0.395. The lowest BCUT2D eigenvalue weighted by Crippen LogP contribution is -2.35. The van der Waals surface area contributed by atoms with Gasteiger partial charge in [-0.2, -0.15) is 0 Å². The van der Waals surface area contributed by atoms with Crippen molar-refractivity contribution in [1.29, 1.82) is 0 Å². The van der Waals surface area contributed by atoms with Gasteiger partial charge in [-0.25, -0.2) is 0 Å². The highest BCUT2D eigenvalue weighted by Gasteiger charge is 2.14. The van der Waals surface area contributed by atoms with Crippen molar-refractivity contribution in [2.45, 2.75) is 39.0 Å². The molecular formula is C19H21Cl2NO3. The summed E-state index contributed by atoms with van der Waals surface area (Å²) in [6, 6.07) is 12.4. The fraction of sp³-hybridized carbons (Fsp3) is 0.316. The van der Waals surface area contributed by atoms with E-state index in [4.69, 9.17) is 33.0 Å². The molecule has 0 aliphatic carbocycles. The maximum atomic E-state index is 11.1. The fourth-order valence-corrected chi connectivity index (χ4v) is 2.66. The Kier molecular flexibility index (Phi) is 7.56. The van der Waals surface area contributed by atoms with Crippen LogP contribution in [0.4, 0.5) is 0 Å². The van der Waals surface area contributed by atoms with Crippen LogP contribution < -0.4 is 10.1 Å². The topological polar surface area (TPSA) is 58.6 Å². The van der Waals surface area contributed by atoms with E-state index in [9.17, 15) is 4.79 Å². The third-order valence-electron chi connectivity index (χ3n) is 3.74. The van der Waals surface area contributed by atoms with Crippen LogP contribution in [0.1, 0.15) is 30.9 Å². The zero-order valence-electron chi connectivity index (χ0n) is 14.0. The molecule has 0 heterocycles. The monoisotopic (exact) mass is 381 g/mol. The predicted octanol–water partition coefficient (Wildman–Crippen LogP) is 4.92. The number of carboxylic acid groups (broad SMARTS) is 1. The molecule has 0 aliphatic rings. The van der Waals surface area contributed by atoms with Gasteiger partial charge in [-0.3, -0.25) is 4.79 Å². The van der Waals surface area contributed by atoms with Gasteiger partial charge in [0.25, 0.3) is 0 Å². The molecule has 0 spiro atoms. The van der Waals surface area contributed by atoms with Crippen molar-refractivity contribution in [3.05, 3.63) is 63.6 Å². The maximum Gasteiger partial charge on any atom is 0.320 e. The zero-order valence-corrected chi connectivity index (χ0v) is 15.5. The van der Waals surface area contributed by atoms with Gasteiger partial charge in [0.2, 0.25) is 0 Å². The van der Waals surface area contributed by atoms with Crippen molar-refractivity contribution in [3.63, 3.8) is 0 Å². The molecule has 2 aromatic carbocycles. The first-order valence-electron chi connectivity index (χ1n) is 8.11. The molecule has 0 amide bonds. The second-order valence-corrected chi connectivity index (χ2v) is 6.56. The standard InChI is InChI=1S/C19H21Cl2NO3/c1-2-3-18(19(23)24)22-11-13-4-7-15(8-5-13)25-12-14-6-9-16(20)17(21)10-14/h4-10,18,22H,2-3,11-12H2,1H3,(H,23,24). The maximum absolute atomic E-state index is 11.1. The molecule has 0 saturated heterocycles. The molecule has 0 aliphatic heterocycles. The molecule has 0 bridgehead atoms. The quantitative estimate of drug-likeness (QED) is 0.647. The Balaban J connectivity index is 1.86. The number of carboxylic acids is 1. The number of rotatable bonds is 9. The molecule has 2 N–H and O–H groups in total. The smallest absolute Gasteiger partial charge is 0.320 e. The molecular weight excluding hydrogens is 361 g/mol. The van der Waals surface area contributed by atoms with Gasteiger partial charge in [0.15, 0.2) is 0 Å². The highest BCUT2D eigenvalue weighted by molar-refractivity contribution is 6.42. The van der Waals surface area contributed by atoms with Gasteiger partial charge in [-0.05, 0) is 41.8 Å². The first kappa shape index (κ1) is 19.6. The number of hydrogen-bond donors (Lipinski definition) is 2. The van der Waals surface area contributed by atoms with Gasteiger partial charge in [-0.1, -0.05) is 54.7 Å². The normalized spacial score (nSPS) is 12.0. The van der Waals surface area contributed by atoms with Gasteiger partial charge in [0, 0.05) is 6.54 Å². The Hall–Kier alpha value is -1.75. The molecule has 1 atom stereocenters. The van der Waals surface area contributed by atoms with Crippen molar-refractivity contribution in [2.75, 3.05) is 0 Å². The van der Waals surface area contributed by atoms with Crippen molar-refractivity contribution in [3.8, 4) is 5.75 Å². The Morgan fingerprint density at radius 3 is 2.40 bits per heavy atom. The minimum atomic E-state index is -0.816.